The first-order valence-corrected chi connectivity index (χ1v) is 23.1. The van der Waals surface area contributed by atoms with E-state index in [1.54, 1.807) is 60.7 Å². The summed E-state index contributed by atoms with van der Waals surface area (Å²) in [5.74, 6) is -7.66. The maximum atomic E-state index is 14.6. The van der Waals surface area contributed by atoms with E-state index in [4.69, 9.17) is 11.5 Å². The van der Waals surface area contributed by atoms with Gasteiger partial charge in [-0.3, -0.25) is 33.6 Å². The van der Waals surface area contributed by atoms with Crippen molar-refractivity contribution in [3.05, 3.63) is 102 Å². The van der Waals surface area contributed by atoms with E-state index < -0.39 is 96.1 Å². The highest BCUT2D eigenvalue weighted by molar-refractivity contribution is 5.98. The number of aromatic hydroxyl groups is 1. The van der Waals surface area contributed by atoms with Gasteiger partial charge < -0.3 is 58.7 Å². The molecule has 19 nitrogen and oxygen atoms in total. The average Bonchev–Trinajstić information content (AvgIpc) is 3.31. The molecule has 0 fully saturated rings. The summed E-state index contributed by atoms with van der Waals surface area (Å²) >= 11 is 0. The molecule has 0 aromatic heterocycles. The Morgan fingerprint density at radius 3 is 1.28 bits per heavy atom. The van der Waals surface area contributed by atoms with Gasteiger partial charge in [-0.2, -0.15) is 0 Å². The first-order valence-electron chi connectivity index (χ1n) is 23.1. The number of phenolic OH excluding ortho intramolecular Hbond substituents is 1. The molecule has 68 heavy (non-hydrogen) atoms. The van der Waals surface area contributed by atoms with Crippen molar-refractivity contribution in [3.8, 4) is 5.75 Å². The fourth-order valence-corrected chi connectivity index (χ4v) is 7.20. The number of carbonyl (C=O) groups is 8. The highest BCUT2D eigenvalue weighted by Crippen LogP contribution is 2.14. The van der Waals surface area contributed by atoms with Crippen LogP contribution in [0.4, 0.5) is 0 Å². The molecule has 6 amide bonds. The van der Waals surface area contributed by atoms with Gasteiger partial charge in [-0.05, 0) is 61.1 Å². The second kappa shape index (κ2) is 29.7. The van der Waals surface area contributed by atoms with Crippen molar-refractivity contribution in [2.24, 2.45) is 11.5 Å². The molecule has 0 saturated carbocycles. The number of carbonyl (C=O) groups excluding carboxylic acids is 6. The molecule has 370 valence electrons. The Morgan fingerprint density at radius 1 is 0.471 bits per heavy atom. The summed E-state index contributed by atoms with van der Waals surface area (Å²) in [6, 6.07) is 13.9. The minimum absolute atomic E-state index is 0.0479. The number of rotatable bonds is 31. The molecular weight excluding hydrogens is 877 g/mol. The van der Waals surface area contributed by atoms with E-state index in [0.717, 1.165) is 0 Å². The molecule has 0 unspecified atom stereocenters. The van der Waals surface area contributed by atoms with E-state index in [0.29, 0.717) is 61.8 Å². The Morgan fingerprint density at radius 2 is 0.853 bits per heavy atom. The van der Waals surface area contributed by atoms with Gasteiger partial charge in [0, 0.05) is 19.3 Å². The molecule has 0 aliphatic carbocycles. The zero-order valence-electron chi connectivity index (χ0n) is 38.8. The number of benzene rings is 3. The summed E-state index contributed by atoms with van der Waals surface area (Å²) in [6.07, 6.45) is 2.89. The summed E-state index contributed by atoms with van der Waals surface area (Å²) in [5.41, 5.74) is 13.3. The van der Waals surface area contributed by atoms with E-state index in [1.165, 1.54) is 24.3 Å². The summed E-state index contributed by atoms with van der Waals surface area (Å²) in [5, 5.41) is 45.1. The van der Waals surface area contributed by atoms with Gasteiger partial charge >= 0.3 is 11.9 Å². The van der Waals surface area contributed by atoms with E-state index >= 15 is 0 Å². The zero-order chi connectivity index (χ0) is 50.0. The number of unbranched alkanes of at least 4 members (excludes halogenated alkanes) is 3. The molecule has 0 bridgehead atoms. The van der Waals surface area contributed by atoms with Crippen LogP contribution >= 0.6 is 0 Å². The topological polar surface area (TPSA) is 321 Å². The standard InChI is InChI=1S/C49H68N8O11/c1-3-5-20-36(44(62)53-37(49(67)68)21-6-4-2)52-45(63)38(27-31-15-9-7-10-16-31)55-46(64)39(28-32-17-11-8-12-18-32)56-47(65)40(29-33-22-24-34(58)25-23-33)57-48(66)41(30-42(59)60)54-43(61)35(51)19-13-14-26-50/h7-12,15-18,22-25,35-41,58H,3-6,13-14,19-21,26-30,50-51H2,1-2H3,(H,52,63)(H,53,62)(H,54,61)(H,55,64)(H,56,65)(H,57,66)(H,59,60)(H,67,68)/t35-,36+,37+,38-,39-,40-,41-/m1/s1. The molecule has 0 radical (unpaired) electrons. The average molecular weight is 945 g/mol. The van der Waals surface area contributed by atoms with E-state index in [-0.39, 0.29) is 44.3 Å². The van der Waals surface area contributed by atoms with Crippen molar-refractivity contribution in [2.75, 3.05) is 6.54 Å². The first kappa shape index (κ1) is 55.5. The van der Waals surface area contributed by atoms with Crippen LogP contribution < -0.4 is 43.4 Å². The molecule has 7 atom stereocenters. The number of carboxylic acid groups (broad SMARTS) is 2. The lowest BCUT2D eigenvalue weighted by molar-refractivity contribution is -0.142. The number of nitrogens with one attached hydrogen (secondary N) is 6. The highest BCUT2D eigenvalue weighted by Gasteiger charge is 2.34. The number of phenols is 1. The lowest BCUT2D eigenvalue weighted by Crippen LogP contribution is -2.60. The number of nitrogens with two attached hydrogens (primary N) is 2. The van der Waals surface area contributed by atoms with Crippen molar-refractivity contribution in [3.63, 3.8) is 0 Å². The van der Waals surface area contributed by atoms with E-state index in [1.807, 2.05) is 13.8 Å². The van der Waals surface area contributed by atoms with Crippen molar-refractivity contribution >= 4 is 47.4 Å². The van der Waals surface area contributed by atoms with Crippen LogP contribution in [0.3, 0.4) is 0 Å². The molecule has 0 saturated heterocycles. The van der Waals surface area contributed by atoms with Crippen LogP contribution in [-0.2, 0) is 57.6 Å². The van der Waals surface area contributed by atoms with Crippen molar-refractivity contribution in [2.45, 2.75) is 140 Å². The summed E-state index contributed by atoms with van der Waals surface area (Å²) in [7, 11) is 0. The smallest absolute Gasteiger partial charge is 0.326 e. The predicted molar refractivity (Wildman–Crippen MR) is 254 cm³/mol. The maximum absolute atomic E-state index is 14.6. The second-order valence-electron chi connectivity index (χ2n) is 16.7. The van der Waals surface area contributed by atoms with Crippen LogP contribution in [0.15, 0.2) is 84.9 Å². The van der Waals surface area contributed by atoms with Crippen LogP contribution in [0.2, 0.25) is 0 Å². The van der Waals surface area contributed by atoms with Crippen LogP contribution in [0.1, 0.15) is 94.7 Å². The molecule has 19 heteroatoms. The Kier molecular flexibility index (Phi) is 24.2. The largest absolute Gasteiger partial charge is 0.508 e. The predicted octanol–water partition coefficient (Wildman–Crippen LogP) is 1.72. The molecule has 0 aliphatic heterocycles. The van der Waals surface area contributed by atoms with E-state index in [9.17, 15) is 53.7 Å². The third-order valence-electron chi connectivity index (χ3n) is 11.1. The van der Waals surface area contributed by atoms with Gasteiger partial charge in [-0.15, -0.1) is 0 Å². The number of carboxylic acids is 2. The Hall–Kier alpha value is -6.86. The minimum atomic E-state index is -1.66. The third-order valence-corrected chi connectivity index (χ3v) is 11.1. The lowest BCUT2D eigenvalue weighted by atomic mass is 10.00. The van der Waals surface area contributed by atoms with Crippen LogP contribution in [0, 0.1) is 0 Å². The molecule has 0 aliphatic rings. The normalized spacial score (nSPS) is 14.1. The van der Waals surface area contributed by atoms with Crippen LogP contribution in [-0.4, -0.2) is 112 Å². The SMILES string of the molecule is CCCC[C@H](NC(=O)[C@H](CCCC)NC(=O)[C@@H](Cc1ccccc1)NC(=O)[C@@H](Cc1ccccc1)NC(=O)[C@@H](Cc1ccc(O)cc1)NC(=O)[C@@H](CC(=O)O)NC(=O)[C@H](N)CCCCN)C(=O)O. The van der Waals surface area contributed by atoms with Gasteiger partial charge in [0.1, 0.15) is 42.0 Å². The van der Waals surface area contributed by atoms with Gasteiger partial charge in [0.15, 0.2) is 0 Å². The molecule has 3 aromatic carbocycles. The van der Waals surface area contributed by atoms with Crippen molar-refractivity contribution < 1.29 is 53.7 Å². The van der Waals surface area contributed by atoms with Crippen molar-refractivity contribution in [1.82, 2.24) is 31.9 Å². The van der Waals surface area contributed by atoms with Gasteiger partial charge in [0.25, 0.3) is 0 Å². The van der Waals surface area contributed by atoms with Crippen LogP contribution in [0.5, 0.6) is 5.75 Å². The van der Waals surface area contributed by atoms with Gasteiger partial charge in [0.05, 0.1) is 12.5 Å². The van der Waals surface area contributed by atoms with E-state index in [2.05, 4.69) is 31.9 Å². The summed E-state index contributed by atoms with van der Waals surface area (Å²) in [6.45, 7) is 4.16. The second-order valence-corrected chi connectivity index (χ2v) is 16.7. The fraction of sp³-hybridized carbons (Fsp3) is 0.469. The molecule has 3 aromatic rings. The maximum Gasteiger partial charge on any atom is 0.326 e. The lowest BCUT2D eigenvalue weighted by Gasteiger charge is -2.28. The highest BCUT2D eigenvalue weighted by atomic mass is 16.4. The Labute approximate surface area is 397 Å². The van der Waals surface area contributed by atoms with Gasteiger partial charge in [-0.25, -0.2) is 4.79 Å². The number of hydrogen-bond donors (Lipinski definition) is 11. The summed E-state index contributed by atoms with van der Waals surface area (Å²) in [4.78, 5) is 108. The molecular formula is C49H68N8O11. The molecule has 3 rings (SSSR count). The Bertz CT molecular complexity index is 2090. The molecule has 0 spiro atoms. The molecule has 13 N–H and O–H groups in total. The number of aliphatic carboxylic acids is 2. The van der Waals surface area contributed by atoms with Gasteiger partial charge in [0.2, 0.25) is 35.4 Å². The van der Waals surface area contributed by atoms with Crippen LogP contribution in [0.25, 0.3) is 0 Å². The fourth-order valence-electron chi connectivity index (χ4n) is 7.20. The Balaban J connectivity index is 1.99. The molecule has 0 heterocycles. The third kappa shape index (κ3) is 19.9. The van der Waals surface area contributed by atoms with Gasteiger partial charge in [-0.1, -0.05) is 119 Å². The van der Waals surface area contributed by atoms with Crippen molar-refractivity contribution in [1.29, 1.82) is 0 Å². The zero-order valence-corrected chi connectivity index (χ0v) is 38.8. The monoisotopic (exact) mass is 945 g/mol. The summed E-state index contributed by atoms with van der Waals surface area (Å²) < 4.78 is 0. The number of hydrogen-bond acceptors (Lipinski definition) is 11. The quantitative estimate of drug-likeness (QED) is 0.0410. The first-order chi connectivity index (χ1) is 32.5. The number of amides is 6. The minimum Gasteiger partial charge on any atom is -0.508 e.